The van der Waals surface area contributed by atoms with Gasteiger partial charge in [0, 0.05) is 44.2 Å². The van der Waals surface area contributed by atoms with Crippen LogP contribution in [0, 0.1) is 20.2 Å². The van der Waals surface area contributed by atoms with Gasteiger partial charge in [0.25, 0.3) is 11.4 Å². The molecule has 0 fully saturated rings. The monoisotopic (exact) mass is 773 g/mol. The molecule has 3 aromatic heterocycles. The Bertz CT molecular complexity index is 2200. The number of hydrogen-bond acceptors (Lipinski definition) is 13. The minimum Gasteiger partial charge on any atom is -0.415 e. The van der Waals surface area contributed by atoms with E-state index in [2.05, 4.69) is 34.6 Å². The fourth-order valence-corrected chi connectivity index (χ4v) is 4.72. The lowest BCUT2D eigenvalue weighted by Crippen LogP contribution is -2.07. The first kappa shape index (κ1) is 40.3. The smallest absolute Gasteiger partial charge is 0.388 e. The summed E-state index contributed by atoms with van der Waals surface area (Å²) in [6.07, 6.45) is 0. The Hall–Kier alpha value is -6.43. The zero-order valence-electron chi connectivity index (χ0n) is 27.9. The lowest BCUT2D eigenvalue weighted by Gasteiger charge is -2.01. The molecule has 54 heavy (non-hydrogen) atoms. The van der Waals surface area contributed by atoms with Crippen LogP contribution in [-0.2, 0) is 22.6 Å². The van der Waals surface area contributed by atoms with Crippen molar-refractivity contribution in [2.24, 2.45) is 0 Å². The molecule has 0 unspecified atom stereocenters. The summed E-state index contributed by atoms with van der Waals surface area (Å²) in [7, 11) is 3.05. The summed E-state index contributed by atoms with van der Waals surface area (Å²) >= 11 is 0. The SMILES string of the molecule is COCCn1nc(OC(F)F)c2cc(N)ccc21.COCCn1nc(OC(F)F)c2cc([N+](=O)[O-])ccc21.O=[N+]([O-])c1ccc2[nH]nc(OC(F)F)c2c1. The molecule has 3 heterocycles. The van der Waals surface area contributed by atoms with Crippen molar-refractivity contribution in [1.82, 2.24) is 29.8 Å². The van der Waals surface area contributed by atoms with E-state index >= 15 is 0 Å². The number of ether oxygens (including phenoxy) is 5. The van der Waals surface area contributed by atoms with E-state index in [9.17, 15) is 46.6 Å². The average molecular weight is 774 g/mol. The highest BCUT2D eigenvalue weighted by atomic mass is 19.3. The molecule has 0 aliphatic carbocycles. The average Bonchev–Trinajstić information content (AvgIpc) is 3.78. The maximum Gasteiger partial charge on any atom is 0.388 e. The number of alkyl halides is 6. The van der Waals surface area contributed by atoms with Gasteiger partial charge in [0.05, 0.1) is 68.9 Å². The van der Waals surface area contributed by atoms with Crippen LogP contribution in [0.25, 0.3) is 32.7 Å². The van der Waals surface area contributed by atoms with Gasteiger partial charge in [-0.2, -0.15) is 26.3 Å². The highest BCUT2D eigenvalue weighted by Gasteiger charge is 2.19. The lowest BCUT2D eigenvalue weighted by molar-refractivity contribution is -0.384. The predicted molar refractivity (Wildman–Crippen MR) is 177 cm³/mol. The number of hydrogen-bond donors (Lipinski definition) is 2. The van der Waals surface area contributed by atoms with Crippen LogP contribution >= 0.6 is 0 Å². The molecule has 0 aliphatic heterocycles. The number of fused-ring (bicyclic) bond motifs is 3. The number of non-ortho nitro benzene ring substituents is 2. The second-order valence-corrected chi connectivity index (χ2v) is 10.4. The number of nitrogens with zero attached hydrogens (tertiary/aromatic N) is 7. The van der Waals surface area contributed by atoms with E-state index in [1.54, 1.807) is 30.0 Å². The van der Waals surface area contributed by atoms with Gasteiger partial charge in [0.15, 0.2) is 0 Å². The Morgan fingerprint density at radius 2 is 1.13 bits per heavy atom. The summed E-state index contributed by atoms with van der Waals surface area (Å²) in [4.78, 5) is 20.0. The van der Waals surface area contributed by atoms with Crippen molar-refractivity contribution in [3.8, 4) is 17.6 Å². The van der Waals surface area contributed by atoms with E-state index in [0.29, 0.717) is 53.9 Å². The van der Waals surface area contributed by atoms with Crippen LogP contribution in [0.2, 0.25) is 0 Å². The second-order valence-electron chi connectivity index (χ2n) is 10.4. The number of aromatic amines is 1. The second kappa shape index (κ2) is 18.4. The molecule has 290 valence electrons. The van der Waals surface area contributed by atoms with Gasteiger partial charge in [-0.3, -0.25) is 34.7 Å². The third-order valence-electron chi connectivity index (χ3n) is 6.99. The van der Waals surface area contributed by atoms with Crippen molar-refractivity contribution in [3.63, 3.8) is 0 Å². The molecule has 6 rings (SSSR count). The molecular formula is C30H29F6N9O9. The van der Waals surface area contributed by atoms with E-state index in [1.165, 1.54) is 36.1 Å². The number of nitro groups is 2. The van der Waals surface area contributed by atoms with Gasteiger partial charge in [-0.25, -0.2) is 0 Å². The molecule has 6 aromatic rings. The lowest BCUT2D eigenvalue weighted by atomic mass is 10.2. The van der Waals surface area contributed by atoms with E-state index in [0.717, 1.165) is 12.1 Å². The highest BCUT2D eigenvalue weighted by molar-refractivity contribution is 5.88. The molecule has 0 aliphatic rings. The number of rotatable bonds is 14. The Morgan fingerprint density at radius 1 is 0.685 bits per heavy atom. The molecule has 0 spiro atoms. The topological polar surface area (TPSA) is 223 Å². The first-order chi connectivity index (χ1) is 25.7. The summed E-state index contributed by atoms with van der Waals surface area (Å²) in [5.74, 6) is -0.813. The first-order valence-electron chi connectivity index (χ1n) is 15.1. The van der Waals surface area contributed by atoms with Gasteiger partial charge in [0.1, 0.15) is 0 Å². The van der Waals surface area contributed by atoms with Crippen LogP contribution in [0.15, 0.2) is 54.6 Å². The minimum absolute atomic E-state index is 0.122. The molecule has 0 atom stereocenters. The third-order valence-corrected chi connectivity index (χ3v) is 6.99. The van der Waals surface area contributed by atoms with Crippen LogP contribution in [0.4, 0.5) is 43.4 Å². The Labute approximate surface area is 298 Å². The minimum atomic E-state index is -3.05. The van der Waals surface area contributed by atoms with Crippen LogP contribution < -0.4 is 19.9 Å². The number of nitrogen functional groups attached to an aromatic ring is 1. The first-order valence-corrected chi connectivity index (χ1v) is 15.1. The molecule has 0 saturated carbocycles. The maximum atomic E-state index is 12.3. The Kier molecular flexibility index (Phi) is 13.7. The number of benzene rings is 3. The van der Waals surface area contributed by atoms with Crippen molar-refractivity contribution < 1.29 is 59.9 Å². The van der Waals surface area contributed by atoms with Gasteiger partial charge in [-0.15, -0.1) is 15.3 Å². The number of nitrogens with one attached hydrogen (secondary N) is 1. The van der Waals surface area contributed by atoms with Crippen molar-refractivity contribution in [2.45, 2.75) is 32.9 Å². The molecule has 0 saturated heterocycles. The molecule has 18 nitrogen and oxygen atoms in total. The van der Waals surface area contributed by atoms with E-state index in [-0.39, 0.29) is 39.8 Å². The summed E-state index contributed by atoms with van der Waals surface area (Å²) < 4.78 is 98.8. The summed E-state index contributed by atoms with van der Waals surface area (Å²) in [6, 6.07) is 12.6. The number of nitro benzene ring substituents is 2. The highest BCUT2D eigenvalue weighted by Crippen LogP contribution is 2.31. The number of H-pyrrole nitrogens is 1. The molecule has 0 radical (unpaired) electrons. The molecule has 3 aromatic carbocycles. The van der Waals surface area contributed by atoms with E-state index in [1.807, 2.05) is 0 Å². The third kappa shape index (κ3) is 10.3. The number of aromatic nitrogens is 6. The van der Waals surface area contributed by atoms with Crippen LogP contribution in [-0.4, -0.2) is 86.9 Å². The van der Waals surface area contributed by atoms with Gasteiger partial charge >= 0.3 is 19.8 Å². The Morgan fingerprint density at radius 3 is 1.61 bits per heavy atom. The van der Waals surface area contributed by atoms with E-state index < -0.39 is 29.7 Å². The fraction of sp³-hybridized carbons (Fsp3) is 0.300. The summed E-state index contributed by atoms with van der Waals surface area (Å²) in [5.41, 5.74) is 7.19. The zero-order valence-corrected chi connectivity index (χ0v) is 27.9. The van der Waals surface area contributed by atoms with Crippen molar-refractivity contribution in [2.75, 3.05) is 33.2 Å². The van der Waals surface area contributed by atoms with Gasteiger partial charge in [0.2, 0.25) is 17.6 Å². The summed E-state index contributed by atoms with van der Waals surface area (Å²) in [5, 5.41) is 35.8. The van der Waals surface area contributed by atoms with Crippen molar-refractivity contribution in [1.29, 1.82) is 0 Å². The standard InChI is InChI=1S/C11H11F2N3O4.C11H13F2N3O2.C8H5F2N3O3/c1-19-5-4-15-9-3-2-7(16(17)18)6-8(9)10(14-15)20-11(12)13;1-17-5-4-16-9-3-2-7(14)6-8(9)10(15-16)18-11(12)13;9-8(10)16-7-5-3-4(13(14)15)1-2-6(5)11-12-7/h2-3,6,11H,4-5H2,1H3;2-3,6,11H,4-5,14H2,1H3;1-3,8H,(H,11,12). The van der Waals surface area contributed by atoms with Crippen LogP contribution in [0.3, 0.4) is 0 Å². The number of halogens is 6. The molecule has 0 amide bonds. The van der Waals surface area contributed by atoms with Gasteiger partial charge in [-0.1, -0.05) is 0 Å². The quantitative estimate of drug-likeness (QED) is 0.0551. The predicted octanol–water partition coefficient (Wildman–Crippen LogP) is 6.13. The maximum absolute atomic E-state index is 12.3. The van der Waals surface area contributed by atoms with Crippen LogP contribution in [0.5, 0.6) is 17.6 Å². The van der Waals surface area contributed by atoms with Crippen LogP contribution in [0.1, 0.15) is 0 Å². The fourth-order valence-electron chi connectivity index (χ4n) is 4.72. The van der Waals surface area contributed by atoms with E-state index in [4.69, 9.17) is 15.2 Å². The molecule has 3 N–H and O–H groups in total. The van der Waals surface area contributed by atoms with Crippen molar-refractivity contribution >= 4 is 49.8 Å². The largest absolute Gasteiger partial charge is 0.415 e. The molecule has 0 bridgehead atoms. The molecular weight excluding hydrogens is 744 g/mol. The zero-order chi connectivity index (χ0) is 39.5. The van der Waals surface area contributed by atoms with Gasteiger partial charge < -0.3 is 29.4 Å². The normalized spacial score (nSPS) is 11.2. The summed E-state index contributed by atoms with van der Waals surface area (Å²) in [6.45, 7) is -7.48. The molecule has 24 heteroatoms. The number of methoxy groups -OCH3 is 2. The Balaban J connectivity index is 0.000000182. The van der Waals surface area contributed by atoms with Gasteiger partial charge in [-0.05, 0) is 30.3 Å². The number of nitrogens with two attached hydrogens (primary N) is 1. The number of anilines is 1. The van der Waals surface area contributed by atoms with Crippen molar-refractivity contribution in [3.05, 3.63) is 74.8 Å².